The van der Waals surface area contributed by atoms with E-state index in [0.29, 0.717) is 11.3 Å². The zero-order chi connectivity index (χ0) is 17.0. The molecule has 0 heterocycles. The fraction of sp³-hybridized carbons (Fsp3) is 0.222. The van der Waals surface area contributed by atoms with Crippen LogP contribution in [-0.4, -0.2) is 22.9 Å². The summed E-state index contributed by atoms with van der Waals surface area (Å²) in [7, 11) is 0. The lowest BCUT2D eigenvalue weighted by Gasteiger charge is -2.11. The molecule has 2 N–H and O–H groups in total. The van der Waals surface area contributed by atoms with Gasteiger partial charge in [0.05, 0.1) is 17.4 Å². The minimum Gasteiger partial charge on any atom is -0.505 e. The molecular weight excluding hydrogens is 294 g/mol. The summed E-state index contributed by atoms with van der Waals surface area (Å²) >= 11 is 0. The lowest BCUT2D eigenvalue weighted by atomic mass is 10.1. The van der Waals surface area contributed by atoms with Gasteiger partial charge in [-0.1, -0.05) is 6.07 Å². The molecule has 0 atom stereocenters. The van der Waals surface area contributed by atoms with Gasteiger partial charge in [-0.05, 0) is 57.2 Å². The third-order valence-electron chi connectivity index (χ3n) is 3.15. The quantitative estimate of drug-likeness (QED) is 0.653. The van der Waals surface area contributed by atoms with Crippen LogP contribution in [0.3, 0.4) is 0 Å². The van der Waals surface area contributed by atoms with Crippen LogP contribution in [0.1, 0.15) is 41.5 Å². The van der Waals surface area contributed by atoms with Crippen molar-refractivity contribution in [3.63, 3.8) is 0 Å². The van der Waals surface area contributed by atoms with E-state index in [4.69, 9.17) is 4.74 Å². The molecule has 2 rings (SSSR count). The van der Waals surface area contributed by atoms with Crippen molar-refractivity contribution in [2.24, 2.45) is 0 Å². The van der Waals surface area contributed by atoms with Gasteiger partial charge in [0.2, 0.25) is 0 Å². The Kier molecular flexibility index (Phi) is 5.01. The summed E-state index contributed by atoms with van der Waals surface area (Å²) in [4.78, 5) is 23.6. The molecule has 0 saturated heterocycles. The van der Waals surface area contributed by atoms with E-state index in [1.165, 1.54) is 19.1 Å². The van der Waals surface area contributed by atoms with Gasteiger partial charge in [-0.25, -0.2) is 0 Å². The van der Waals surface area contributed by atoms with Crippen molar-refractivity contribution in [1.82, 2.24) is 0 Å². The highest BCUT2D eigenvalue weighted by atomic mass is 16.5. The van der Waals surface area contributed by atoms with Crippen molar-refractivity contribution in [2.75, 3.05) is 5.32 Å². The number of ether oxygens (including phenoxy) is 1. The second kappa shape index (κ2) is 6.96. The molecule has 0 aromatic heterocycles. The van der Waals surface area contributed by atoms with E-state index in [1.807, 2.05) is 13.8 Å². The van der Waals surface area contributed by atoms with Crippen molar-refractivity contribution in [3.05, 3.63) is 53.6 Å². The molecule has 5 nitrogen and oxygen atoms in total. The van der Waals surface area contributed by atoms with Crippen molar-refractivity contribution in [2.45, 2.75) is 26.9 Å². The van der Waals surface area contributed by atoms with Gasteiger partial charge in [0, 0.05) is 5.56 Å². The Balaban J connectivity index is 2.16. The van der Waals surface area contributed by atoms with Crippen molar-refractivity contribution in [1.29, 1.82) is 0 Å². The van der Waals surface area contributed by atoms with E-state index >= 15 is 0 Å². The van der Waals surface area contributed by atoms with E-state index < -0.39 is 0 Å². The number of carbonyl (C=O) groups excluding carboxylic acids is 2. The van der Waals surface area contributed by atoms with Crippen molar-refractivity contribution in [3.8, 4) is 11.5 Å². The fourth-order valence-electron chi connectivity index (χ4n) is 2.08. The summed E-state index contributed by atoms with van der Waals surface area (Å²) in [5, 5.41) is 12.6. The second-order valence-electron chi connectivity index (χ2n) is 5.40. The highest BCUT2D eigenvalue weighted by molar-refractivity contribution is 6.07. The Morgan fingerprint density at radius 1 is 1.09 bits per heavy atom. The molecule has 1 amide bonds. The second-order valence-corrected chi connectivity index (χ2v) is 5.40. The van der Waals surface area contributed by atoms with Crippen LogP contribution in [0.2, 0.25) is 0 Å². The van der Waals surface area contributed by atoms with Gasteiger partial charge in [0.15, 0.2) is 5.78 Å². The van der Waals surface area contributed by atoms with E-state index in [9.17, 15) is 14.7 Å². The van der Waals surface area contributed by atoms with Crippen LogP contribution >= 0.6 is 0 Å². The average molecular weight is 313 g/mol. The van der Waals surface area contributed by atoms with Gasteiger partial charge in [0.1, 0.15) is 11.5 Å². The molecule has 0 unspecified atom stereocenters. The van der Waals surface area contributed by atoms with Crippen LogP contribution in [0.5, 0.6) is 11.5 Å². The number of Topliss-reactive ketones (excluding diaryl/α,β-unsaturated/α-hetero) is 1. The predicted molar refractivity (Wildman–Crippen MR) is 88.3 cm³/mol. The molecule has 0 saturated carbocycles. The van der Waals surface area contributed by atoms with Gasteiger partial charge >= 0.3 is 0 Å². The molecule has 23 heavy (non-hydrogen) atoms. The maximum absolute atomic E-state index is 12.2. The SMILES string of the molecule is CC(=O)c1cccc(NC(=O)c2ccc(OC(C)C)cc2)c1O. The Hall–Kier alpha value is -2.82. The predicted octanol–water partition coefficient (Wildman–Crippen LogP) is 3.63. The Bertz CT molecular complexity index is 720. The van der Waals surface area contributed by atoms with Crippen LogP contribution in [0.25, 0.3) is 0 Å². The van der Waals surface area contributed by atoms with E-state index in [1.54, 1.807) is 30.3 Å². The molecule has 0 spiro atoms. The number of carbonyl (C=O) groups is 2. The number of aromatic hydroxyl groups is 1. The highest BCUT2D eigenvalue weighted by Gasteiger charge is 2.14. The first-order chi connectivity index (χ1) is 10.9. The third-order valence-corrected chi connectivity index (χ3v) is 3.15. The van der Waals surface area contributed by atoms with E-state index in [-0.39, 0.29) is 34.8 Å². The fourth-order valence-corrected chi connectivity index (χ4v) is 2.08. The number of ketones is 1. The number of rotatable bonds is 5. The Morgan fingerprint density at radius 2 is 1.74 bits per heavy atom. The average Bonchev–Trinajstić information content (AvgIpc) is 2.49. The van der Waals surface area contributed by atoms with E-state index in [0.717, 1.165) is 0 Å². The number of benzene rings is 2. The third kappa shape index (κ3) is 4.10. The number of hydrogen-bond donors (Lipinski definition) is 2. The Labute approximate surface area is 134 Å². The first-order valence-electron chi connectivity index (χ1n) is 7.29. The number of phenolic OH excluding ortho intramolecular Hbond substituents is 1. The molecule has 120 valence electrons. The maximum atomic E-state index is 12.2. The standard InChI is InChI=1S/C18H19NO4/c1-11(2)23-14-9-7-13(8-10-14)18(22)19-16-6-4-5-15(12(3)20)17(16)21/h4-11,21H,1-3H3,(H,19,22). The molecule has 0 bridgehead atoms. The number of phenols is 1. The first kappa shape index (κ1) is 16.5. The number of amides is 1. The topological polar surface area (TPSA) is 75.6 Å². The molecule has 5 heteroatoms. The summed E-state index contributed by atoms with van der Waals surface area (Å²) in [6.07, 6.45) is 0.0564. The maximum Gasteiger partial charge on any atom is 0.255 e. The molecule has 2 aromatic carbocycles. The van der Waals surface area contributed by atoms with Crippen LogP contribution in [0.15, 0.2) is 42.5 Å². The van der Waals surface area contributed by atoms with Crippen LogP contribution in [0, 0.1) is 0 Å². The van der Waals surface area contributed by atoms with Crippen LogP contribution in [-0.2, 0) is 0 Å². The Morgan fingerprint density at radius 3 is 2.30 bits per heavy atom. The normalized spacial score (nSPS) is 10.4. The minimum atomic E-state index is -0.378. The van der Waals surface area contributed by atoms with Gasteiger partial charge in [-0.2, -0.15) is 0 Å². The number of para-hydroxylation sites is 1. The summed E-state index contributed by atoms with van der Waals surface area (Å²) < 4.78 is 5.52. The van der Waals surface area contributed by atoms with Crippen molar-refractivity contribution >= 4 is 17.4 Å². The zero-order valence-corrected chi connectivity index (χ0v) is 13.3. The lowest BCUT2D eigenvalue weighted by Crippen LogP contribution is -2.13. The molecule has 0 fully saturated rings. The molecule has 0 aliphatic heterocycles. The zero-order valence-electron chi connectivity index (χ0n) is 13.3. The smallest absolute Gasteiger partial charge is 0.255 e. The van der Waals surface area contributed by atoms with E-state index in [2.05, 4.69) is 5.32 Å². The lowest BCUT2D eigenvalue weighted by molar-refractivity contribution is 0.100. The number of nitrogens with one attached hydrogen (secondary N) is 1. The van der Waals surface area contributed by atoms with Gasteiger partial charge in [-0.3, -0.25) is 9.59 Å². The summed E-state index contributed by atoms with van der Waals surface area (Å²) in [5.41, 5.74) is 0.794. The highest BCUT2D eigenvalue weighted by Crippen LogP contribution is 2.28. The van der Waals surface area contributed by atoms with Crippen molar-refractivity contribution < 1.29 is 19.4 Å². The largest absolute Gasteiger partial charge is 0.505 e. The van der Waals surface area contributed by atoms with Gasteiger partial charge in [-0.15, -0.1) is 0 Å². The van der Waals surface area contributed by atoms with Crippen LogP contribution < -0.4 is 10.1 Å². The molecule has 0 radical (unpaired) electrons. The summed E-state index contributed by atoms with van der Waals surface area (Å²) in [5.74, 6) is -0.197. The molecule has 0 aliphatic carbocycles. The molecule has 2 aromatic rings. The number of anilines is 1. The van der Waals surface area contributed by atoms with Gasteiger partial charge in [0.25, 0.3) is 5.91 Å². The molecular formula is C18H19NO4. The van der Waals surface area contributed by atoms with Gasteiger partial charge < -0.3 is 15.2 Å². The molecule has 0 aliphatic rings. The summed E-state index contributed by atoms with van der Waals surface area (Å²) in [6.45, 7) is 5.20. The van der Waals surface area contributed by atoms with Crippen LogP contribution in [0.4, 0.5) is 5.69 Å². The number of hydrogen-bond acceptors (Lipinski definition) is 4. The monoisotopic (exact) mass is 313 g/mol. The summed E-state index contributed by atoms with van der Waals surface area (Å²) in [6, 6.07) is 11.3. The minimum absolute atomic E-state index is 0.0564. The first-order valence-corrected chi connectivity index (χ1v) is 7.29.